The largest absolute Gasteiger partial charge is 0.443 e. The van der Waals surface area contributed by atoms with Gasteiger partial charge in [0.1, 0.15) is 30.0 Å². The molecule has 3 heterocycles. The molecule has 0 aliphatic carbocycles. The molecule has 0 saturated carbocycles. The summed E-state index contributed by atoms with van der Waals surface area (Å²) in [4.78, 5) is 29.7. The van der Waals surface area contributed by atoms with Gasteiger partial charge in [-0.1, -0.05) is 38.1 Å². The topological polar surface area (TPSA) is 201 Å². The second-order valence-corrected chi connectivity index (χ2v) is 12.6. The Morgan fingerprint density at radius 2 is 1.76 bits per heavy atom. The molecule has 7 N–H and O–H groups in total. The van der Waals surface area contributed by atoms with Crippen molar-refractivity contribution in [2.24, 2.45) is 0 Å². The zero-order valence-corrected chi connectivity index (χ0v) is 26.8. The molecule has 14 heteroatoms. The SMILES string of the molecule is CC(C)c1[nH]nc(O[C@@H]2O[C@H](CO)[C@@H](O)[C@H](O)[C@H]2O)c1Cc1ccc(C=CC(=O)NC(C)(C)C(=O)N2CCN(CCO)CC2)cc1. The zero-order chi connectivity index (χ0) is 33.6. The number of ether oxygens (including phenoxy) is 2. The van der Waals surface area contributed by atoms with Crippen molar-refractivity contribution in [2.45, 2.75) is 76.3 Å². The van der Waals surface area contributed by atoms with Crippen LogP contribution in [-0.2, 0) is 20.7 Å². The number of aromatic amines is 1. The number of aliphatic hydroxyl groups excluding tert-OH is 5. The van der Waals surface area contributed by atoms with Crippen molar-refractivity contribution in [3.8, 4) is 5.88 Å². The first-order valence-electron chi connectivity index (χ1n) is 15.6. The number of hydrogen-bond acceptors (Lipinski definition) is 11. The van der Waals surface area contributed by atoms with E-state index in [2.05, 4.69) is 20.4 Å². The number of nitrogens with zero attached hydrogens (tertiary/aromatic N) is 3. The average Bonchev–Trinajstić information content (AvgIpc) is 3.42. The zero-order valence-electron chi connectivity index (χ0n) is 26.8. The van der Waals surface area contributed by atoms with Crippen LogP contribution in [0, 0.1) is 0 Å². The molecule has 254 valence electrons. The van der Waals surface area contributed by atoms with Gasteiger partial charge in [-0.05, 0) is 37.0 Å². The molecule has 0 bridgehead atoms. The Labute approximate surface area is 268 Å². The third-order valence-corrected chi connectivity index (χ3v) is 8.35. The highest BCUT2D eigenvalue weighted by atomic mass is 16.7. The van der Waals surface area contributed by atoms with Crippen molar-refractivity contribution in [2.75, 3.05) is 45.9 Å². The molecule has 5 atom stereocenters. The normalized spacial score (nSPS) is 24.5. The molecule has 0 radical (unpaired) electrons. The Morgan fingerprint density at radius 3 is 2.37 bits per heavy atom. The maximum Gasteiger partial charge on any atom is 0.247 e. The third-order valence-electron chi connectivity index (χ3n) is 8.35. The van der Waals surface area contributed by atoms with Crippen LogP contribution in [0.5, 0.6) is 5.88 Å². The summed E-state index contributed by atoms with van der Waals surface area (Å²) in [6.45, 7) is 9.88. The van der Waals surface area contributed by atoms with Crippen LogP contribution in [0.4, 0.5) is 0 Å². The Bertz CT molecular complexity index is 1340. The number of H-pyrrole nitrogens is 1. The van der Waals surface area contributed by atoms with E-state index < -0.39 is 48.8 Å². The number of benzene rings is 1. The van der Waals surface area contributed by atoms with E-state index in [4.69, 9.17) is 14.6 Å². The van der Waals surface area contributed by atoms with Gasteiger partial charge < -0.3 is 45.2 Å². The molecule has 0 unspecified atom stereocenters. The van der Waals surface area contributed by atoms with E-state index in [-0.39, 0.29) is 24.3 Å². The summed E-state index contributed by atoms with van der Waals surface area (Å²) in [6, 6.07) is 7.51. The second-order valence-electron chi connectivity index (χ2n) is 12.6. The number of carbonyl (C=O) groups excluding carboxylic acids is 2. The number of piperazine rings is 1. The molecule has 2 aliphatic heterocycles. The molecule has 1 aromatic heterocycles. The predicted octanol–water partition coefficient (Wildman–Crippen LogP) is -0.653. The Kier molecular flexibility index (Phi) is 11.9. The fraction of sp³-hybridized carbons (Fsp3) is 0.594. The van der Waals surface area contributed by atoms with Crippen LogP contribution < -0.4 is 10.1 Å². The number of rotatable bonds is 12. The number of carbonyl (C=O) groups is 2. The highest BCUT2D eigenvalue weighted by molar-refractivity contribution is 5.97. The van der Waals surface area contributed by atoms with Crippen molar-refractivity contribution in [3.63, 3.8) is 0 Å². The standard InChI is InChI=1S/C32H47N5O9/c1-19(2)25-22(29(35-34-25)46-30-28(43)27(42)26(41)23(18-39)45-30)17-21-7-5-20(6-8-21)9-10-24(40)33-32(3,4)31(44)37-13-11-36(12-14-37)15-16-38/h5-10,19,23,26-28,30,38-39,41-43H,11-18H2,1-4H3,(H,33,40)(H,34,35)/t23-,26-,27+,28-,30+/m1/s1. The van der Waals surface area contributed by atoms with Gasteiger partial charge in [0.25, 0.3) is 0 Å². The third kappa shape index (κ3) is 8.50. The number of aliphatic hydroxyl groups is 5. The van der Waals surface area contributed by atoms with Crippen molar-refractivity contribution < 1.29 is 44.6 Å². The van der Waals surface area contributed by atoms with Gasteiger partial charge in [0, 0.05) is 56.5 Å². The predicted molar refractivity (Wildman–Crippen MR) is 168 cm³/mol. The van der Waals surface area contributed by atoms with Gasteiger partial charge in [-0.15, -0.1) is 5.10 Å². The minimum atomic E-state index is -1.57. The van der Waals surface area contributed by atoms with Gasteiger partial charge in [0.05, 0.1) is 13.2 Å². The fourth-order valence-electron chi connectivity index (χ4n) is 5.62. The number of hydrogen-bond donors (Lipinski definition) is 7. The van der Waals surface area contributed by atoms with Crippen molar-refractivity contribution >= 4 is 17.9 Å². The van der Waals surface area contributed by atoms with Gasteiger partial charge in [-0.2, -0.15) is 0 Å². The summed E-state index contributed by atoms with van der Waals surface area (Å²) in [6.07, 6.45) is -3.64. The minimum Gasteiger partial charge on any atom is -0.443 e. The summed E-state index contributed by atoms with van der Waals surface area (Å²) >= 11 is 0. The molecule has 2 saturated heterocycles. The number of amides is 2. The van der Waals surface area contributed by atoms with Gasteiger partial charge in [0.2, 0.25) is 24.0 Å². The quantitative estimate of drug-likeness (QED) is 0.145. The molecule has 46 heavy (non-hydrogen) atoms. The molecular weight excluding hydrogens is 598 g/mol. The average molecular weight is 646 g/mol. The van der Waals surface area contributed by atoms with Crippen LogP contribution in [0.2, 0.25) is 0 Å². The van der Waals surface area contributed by atoms with E-state index in [0.717, 1.165) is 22.4 Å². The summed E-state index contributed by atoms with van der Waals surface area (Å²) in [5.74, 6) is -0.325. The number of nitrogens with one attached hydrogen (secondary N) is 2. The van der Waals surface area contributed by atoms with Crippen LogP contribution in [0.1, 0.15) is 56.0 Å². The lowest BCUT2D eigenvalue weighted by Crippen LogP contribution is -2.60. The number of β-amino-alcohol motifs (C(OH)–C–C–N with tert-alkyl or cyclic N) is 1. The molecule has 0 spiro atoms. The molecular formula is C32H47N5O9. The smallest absolute Gasteiger partial charge is 0.247 e. The van der Waals surface area contributed by atoms with Gasteiger partial charge in [-0.25, -0.2) is 0 Å². The van der Waals surface area contributed by atoms with Crippen molar-refractivity contribution in [1.29, 1.82) is 0 Å². The highest BCUT2D eigenvalue weighted by Gasteiger charge is 2.45. The monoisotopic (exact) mass is 645 g/mol. The second kappa shape index (κ2) is 15.5. The van der Waals surface area contributed by atoms with Gasteiger partial charge >= 0.3 is 0 Å². The number of aromatic nitrogens is 2. The highest BCUT2D eigenvalue weighted by Crippen LogP contribution is 2.31. The van der Waals surface area contributed by atoms with E-state index in [0.29, 0.717) is 39.1 Å². The van der Waals surface area contributed by atoms with E-state index in [9.17, 15) is 30.0 Å². The summed E-state index contributed by atoms with van der Waals surface area (Å²) in [7, 11) is 0. The maximum atomic E-state index is 13.1. The van der Waals surface area contributed by atoms with Gasteiger partial charge in [0.15, 0.2) is 0 Å². The van der Waals surface area contributed by atoms with Crippen molar-refractivity contribution in [1.82, 2.24) is 25.3 Å². The van der Waals surface area contributed by atoms with Crippen LogP contribution in [0.25, 0.3) is 6.08 Å². The Morgan fingerprint density at radius 1 is 1.09 bits per heavy atom. The Hall–Kier alpha value is -3.37. The van der Waals surface area contributed by atoms with Crippen LogP contribution >= 0.6 is 0 Å². The summed E-state index contributed by atoms with van der Waals surface area (Å²) < 4.78 is 11.4. The summed E-state index contributed by atoms with van der Waals surface area (Å²) in [5.41, 5.74) is 2.13. The molecule has 2 amide bonds. The van der Waals surface area contributed by atoms with E-state index in [1.54, 1.807) is 24.8 Å². The van der Waals surface area contributed by atoms with E-state index >= 15 is 0 Å². The Balaban J connectivity index is 1.37. The van der Waals surface area contributed by atoms with E-state index in [1.165, 1.54) is 6.08 Å². The molecule has 2 aliphatic rings. The molecule has 2 aromatic rings. The first kappa shape index (κ1) is 35.5. The first-order chi connectivity index (χ1) is 21.8. The maximum absolute atomic E-state index is 13.1. The molecule has 14 nitrogen and oxygen atoms in total. The van der Waals surface area contributed by atoms with Crippen LogP contribution in [-0.4, -0.2) is 140 Å². The minimum absolute atomic E-state index is 0.0578. The lowest BCUT2D eigenvalue weighted by atomic mass is 9.98. The van der Waals surface area contributed by atoms with Crippen LogP contribution in [0.3, 0.4) is 0 Å². The summed E-state index contributed by atoms with van der Waals surface area (Å²) in [5, 5.41) is 59.3. The molecule has 2 fully saturated rings. The molecule has 4 rings (SSSR count). The first-order valence-corrected chi connectivity index (χ1v) is 15.6. The van der Waals surface area contributed by atoms with Crippen LogP contribution in [0.15, 0.2) is 30.3 Å². The lowest BCUT2D eigenvalue weighted by Gasteiger charge is -2.39. The van der Waals surface area contributed by atoms with Gasteiger partial charge in [-0.3, -0.25) is 19.6 Å². The lowest BCUT2D eigenvalue weighted by molar-refractivity contribution is -0.278. The van der Waals surface area contributed by atoms with E-state index in [1.807, 2.05) is 38.1 Å². The van der Waals surface area contributed by atoms with Crippen molar-refractivity contribution in [3.05, 3.63) is 52.7 Å². The fourth-order valence-corrected chi connectivity index (χ4v) is 5.62. The molecule has 1 aromatic carbocycles.